The summed E-state index contributed by atoms with van der Waals surface area (Å²) in [6.07, 6.45) is 1.21. The Morgan fingerprint density at radius 1 is 1.16 bits per heavy atom. The van der Waals surface area contributed by atoms with E-state index in [1.165, 1.54) is 13.0 Å². The highest BCUT2D eigenvalue weighted by Crippen LogP contribution is 2.34. The van der Waals surface area contributed by atoms with Crippen LogP contribution in [0.3, 0.4) is 0 Å². The van der Waals surface area contributed by atoms with Crippen LogP contribution in [0.5, 0.6) is 5.75 Å². The topological polar surface area (TPSA) is 41.6 Å². The Kier molecular flexibility index (Phi) is 4.68. The third kappa shape index (κ3) is 3.53. The predicted octanol–water partition coefficient (Wildman–Crippen LogP) is 3.28. The van der Waals surface area contributed by atoms with Gasteiger partial charge in [-0.15, -0.1) is 0 Å². The third-order valence-electron chi connectivity index (χ3n) is 5.06. The first-order valence-corrected chi connectivity index (χ1v) is 9.49. The van der Waals surface area contributed by atoms with Crippen molar-refractivity contribution in [2.75, 3.05) is 26.7 Å². The molecule has 2 aliphatic heterocycles. The van der Waals surface area contributed by atoms with E-state index in [1.807, 2.05) is 48.5 Å². The summed E-state index contributed by atoms with van der Waals surface area (Å²) in [6.45, 7) is 3.32. The molecule has 2 bridgehead atoms. The fourth-order valence-electron chi connectivity index (χ4n) is 3.70. The van der Waals surface area contributed by atoms with Crippen LogP contribution in [-0.4, -0.2) is 43.6 Å². The number of hydrogen-bond acceptors (Lipinski definition) is 4. The summed E-state index contributed by atoms with van der Waals surface area (Å²) in [5, 5.41) is 3.21. The van der Waals surface area contributed by atoms with E-state index < -0.39 is 0 Å². The molecule has 0 aromatic heterocycles. The molecule has 1 N–H and O–H groups in total. The molecule has 0 aliphatic carbocycles. The van der Waals surface area contributed by atoms with Gasteiger partial charge in [-0.2, -0.15) is 0 Å². The summed E-state index contributed by atoms with van der Waals surface area (Å²) >= 11 is 1.64. The molecule has 2 fully saturated rings. The molecule has 1 amide bonds. The highest BCUT2D eigenvalue weighted by atomic mass is 32.2. The number of piperidine rings is 1. The van der Waals surface area contributed by atoms with Gasteiger partial charge in [0.1, 0.15) is 5.75 Å². The van der Waals surface area contributed by atoms with Crippen molar-refractivity contribution in [1.82, 2.24) is 10.2 Å². The lowest BCUT2D eigenvalue weighted by Crippen LogP contribution is -2.43. The maximum atomic E-state index is 12.5. The number of nitrogens with zero attached hydrogens (tertiary/aromatic N) is 1. The van der Waals surface area contributed by atoms with E-state index in [0.717, 1.165) is 34.2 Å². The van der Waals surface area contributed by atoms with Crippen LogP contribution in [0.2, 0.25) is 0 Å². The Labute approximate surface area is 152 Å². The second kappa shape index (κ2) is 7.10. The van der Waals surface area contributed by atoms with E-state index in [-0.39, 0.29) is 5.91 Å². The zero-order valence-electron chi connectivity index (χ0n) is 14.3. The maximum Gasteiger partial charge on any atom is 0.251 e. The first-order valence-electron chi connectivity index (χ1n) is 8.67. The smallest absolute Gasteiger partial charge is 0.251 e. The van der Waals surface area contributed by atoms with Crippen LogP contribution in [0.1, 0.15) is 16.8 Å². The summed E-state index contributed by atoms with van der Waals surface area (Å²) in [5.41, 5.74) is 0.724. The molecule has 2 heterocycles. The van der Waals surface area contributed by atoms with Gasteiger partial charge in [0.05, 0.1) is 12.0 Å². The molecule has 2 unspecified atom stereocenters. The molecule has 130 valence electrons. The number of methoxy groups -OCH3 is 1. The summed E-state index contributed by atoms with van der Waals surface area (Å²) in [6, 6.07) is 16.1. The van der Waals surface area contributed by atoms with Crippen molar-refractivity contribution >= 4 is 17.7 Å². The van der Waals surface area contributed by atoms with Gasteiger partial charge in [0.15, 0.2) is 0 Å². The van der Waals surface area contributed by atoms with E-state index in [4.69, 9.17) is 4.74 Å². The molecule has 0 radical (unpaired) electrons. The lowest BCUT2D eigenvalue weighted by molar-refractivity contribution is 0.0924. The van der Waals surface area contributed by atoms with Crippen LogP contribution in [0, 0.1) is 5.92 Å². The Hall–Kier alpha value is -1.98. The van der Waals surface area contributed by atoms with E-state index in [0.29, 0.717) is 12.0 Å². The van der Waals surface area contributed by atoms with Gasteiger partial charge >= 0.3 is 0 Å². The van der Waals surface area contributed by atoms with Crippen molar-refractivity contribution in [3.8, 4) is 5.75 Å². The van der Waals surface area contributed by atoms with Gasteiger partial charge in [-0.05, 0) is 55.3 Å². The normalized spacial score (nSPS) is 24.3. The molecule has 25 heavy (non-hydrogen) atoms. The number of carbonyl (C=O) groups excluding carboxylic acids is 1. The monoisotopic (exact) mass is 354 g/mol. The second-order valence-corrected chi connectivity index (χ2v) is 7.78. The molecule has 4 rings (SSSR count). The van der Waals surface area contributed by atoms with E-state index in [2.05, 4.69) is 10.2 Å². The van der Waals surface area contributed by atoms with E-state index in [1.54, 1.807) is 18.9 Å². The minimum atomic E-state index is 0.0348. The first-order chi connectivity index (χ1) is 12.2. The van der Waals surface area contributed by atoms with Gasteiger partial charge in [0.25, 0.3) is 5.91 Å². The van der Waals surface area contributed by atoms with Gasteiger partial charge in [-0.25, -0.2) is 0 Å². The Morgan fingerprint density at radius 3 is 2.64 bits per heavy atom. The summed E-state index contributed by atoms with van der Waals surface area (Å²) < 4.78 is 5.39. The zero-order valence-corrected chi connectivity index (χ0v) is 15.1. The largest absolute Gasteiger partial charge is 0.496 e. The van der Waals surface area contributed by atoms with Crippen molar-refractivity contribution in [3.63, 3.8) is 0 Å². The third-order valence-corrected chi connectivity index (χ3v) is 6.13. The number of para-hydroxylation sites is 1. The number of nitrogens with one attached hydrogen (secondary N) is 1. The molecule has 0 spiro atoms. The fourth-order valence-corrected chi connectivity index (χ4v) is 4.63. The summed E-state index contributed by atoms with van der Waals surface area (Å²) in [5.74, 6) is 1.53. The van der Waals surface area contributed by atoms with Gasteiger partial charge < -0.3 is 15.0 Å². The quantitative estimate of drug-likeness (QED) is 0.895. The SMILES string of the molecule is COc1ccccc1Sc1ccc(C(=O)NC2CN3CC[C@H]2C3)cc1. The van der Waals surface area contributed by atoms with Crippen molar-refractivity contribution in [2.24, 2.45) is 5.92 Å². The first kappa shape index (κ1) is 16.5. The Balaban J connectivity index is 1.40. The standard InChI is InChI=1S/C20H22N2O2S/c1-24-18-4-2-3-5-19(18)25-16-8-6-14(7-9-16)20(23)21-17-13-22-11-10-15(17)12-22/h2-9,15,17H,10-13H2,1H3,(H,21,23)/t15-,17?/m0/s1. The van der Waals surface area contributed by atoms with Crippen molar-refractivity contribution < 1.29 is 9.53 Å². The summed E-state index contributed by atoms with van der Waals surface area (Å²) in [7, 11) is 1.68. The molecular weight excluding hydrogens is 332 g/mol. The molecule has 5 heteroatoms. The average Bonchev–Trinajstić information content (AvgIpc) is 3.26. The predicted molar refractivity (Wildman–Crippen MR) is 99.4 cm³/mol. The average molecular weight is 354 g/mol. The number of amides is 1. The van der Waals surface area contributed by atoms with Crippen LogP contribution in [-0.2, 0) is 0 Å². The highest BCUT2D eigenvalue weighted by molar-refractivity contribution is 7.99. The number of rotatable bonds is 5. The lowest BCUT2D eigenvalue weighted by Gasteiger charge is -2.23. The number of carbonyl (C=O) groups is 1. The van der Waals surface area contributed by atoms with Gasteiger partial charge in [-0.3, -0.25) is 4.79 Å². The van der Waals surface area contributed by atoms with Crippen LogP contribution in [0.25, 0.3) is 0 Å². The van der Waals surface area contributed by atoms with Crippen molar-refractivity contribution in [2.45, 2.75) is 22.3 Å². The molecule has 0 saturated carbocycles. The fraction of sp³-hybridized carbons (Fsp3) is 0.350. The maximum absolute atomic E-state index is 12.5. The molecule has 2 aromatic rings. The number of fused-ring (bicyclic) bond motifs is 2. The molecule has 2 aromatic carbocycles. The molecular formula is C20H22N2O2S. The van der Waals surface area contributed by atoms with Crippen LogP contribution in [0.15, 0.2) is 58.3 Å². The van der Waals surface area contributed by atoms with Crippen LogP contribution < -0.4 is 10.1 Å². The zero-order chi connectivity index (χ0) is 17.2. The molecule has 2 saturated heterocycles. The summed E-state index contributed by atoms with van der Waals surface area (Å²) in [4.78, 5) is 17.1. The number of ether oxygens (including phenoxy) is 1. The second-order valence-electron chi connectivity index (χ2n) is 6.67. The van der Waals surface area contributed by atoms with Crippen LogP contribution in [0.4, 0.5) is 0 Å². The highest BCUT2D eigenvalue weighted by Gasteiger charge is 2.38. The van der Waals surface area contributed by atoms with Crippen molar-refractivity contribution in [3.05, 3.63) is 54.1 Å². The number of benzene rings is 2. The molecule has 3 atom stereocenters. The van der Waals surface area contributed by atoms with E-state index >= 15 is 0 Å². The van der Waals surface area contributed by atoms with Crippen molar-refractivity contribution in [1.29, 1.82) is 0 Å². The Bertz CT molecular complexity index is 763. The Morgan fingerprint density at radius 2 is 1.96 bits per heavy atom. The number of hydrogen-bond donors (Lipinski definition) is 1. The van der Waals surface area contributed by atoms with Gasteiger partial charge in [-0.1, -0.05) is 23.9 Å². The molecule has 2 aliphatic rings. The van der Waals surface area contributed by atoms with Gasteiger partial charge in [0, 0.05) is 29.6 Å². The lowest BCUT2D eigenvalue weighted by atomic mass is 9.99. The van der Waals surface area contributed by atoms with Gasteiger partial charge in [0.2, 0.25) is 0 Å². The molecule has 4 nitrogen and oxygen atoms in total. The van der Waals surface area contributed by atoms with Crippen LogP contribution >= 0.6 is 11.8 Å². The van der Waals surface area contributed by atoms with E-state index in [9.17, 15) is 4.79 Å². The minimum absolute atomic E-state index is 0.0348. The minimum Gasteiger partial charge on any atom is -0.496 e.